The minimum Gasteiger partial charge on any atom is -0.337 e. The van der Waals surface area contributed by atoms with Gasteiger partial charge in [0.2, 0.25) is 0 Å². The van der Waals surface area contributed by atoms with E-state index in [2.05, 4.69) is 26.6 Å². The SMILES string of the molecule is CSc1cc(Br)ccn1.N#CN. The zero-order valence-corrected chi connectivity index (χ0v) is 8.89. The van der Waals surface area contributed by atoms with Crippen LogP contribution in [0.5, 0.6) is 0 Å². The zero-order chi connectivity index (χ0) is 9.40. The van der Waals surface area contributed by atoms with E-state index in [1.807, 2.05) is 18.4 Å². The summed E-state index contributed by atoms with van der Waals surface area (Å²) < 4.78 is 1.09. The third kappa shape index (κ3) is 4.99. The molecule has 1 aromatic heterocycles. The standard InChI is InChI=1S/C6H6BrNS.CH2N2/c1-9-6-4-5(7)2-3-8-6;2-1-3/h2-4H,1H3;2H2. The van der Waals surface area contributed by atoms with Crippen molar-refractivity contribution < 1.29 is 0 Å². The molecule has 0 bridgehead atoms. The lowest BCUT2D eigenvalue weighted by Crippen LogP contribution is -1.74. The van der Waals surface area contributed by atoms with Crippen LogP contribution in [-0.2, 0) is 0 Å². The maximum Gasteiger partial charge on any atom is 0.173 e. The summed E-state index contributed by atoms with van der Waals surface area (Å²) in [5.74, 6) is 0. The van der Waals surface area contributed by atoms with Crippen LogP contribution in [0.1, 0.15) is 0 Å². The van der Waals surface area contributed by atoms with Crippen LogP contribution in [0.25, 0.3) is 0 Å². The van der Waals surface area contributed by atoms with Crippen LogP contribution in [0.3, 0.4) is 0 Å². The molecule has 0 aliphatic heterocycles. The Hall–Kier alpha value is -0.730. The first-order valence-corrected chi connectivity index (χ1v) is 5.01. The molecule has 1 aromatic rings. The van der Waals surface area contributed by atoms with Gasteiger partial charge in [-0.1, -0.05) is 15.9 Å². The van der Waals surface area contributed by atoms with E-state index in [0.29, 0.717) is 0 Å². The Morgan fingerprint density at radius 1 is 1.75 bits per heavy atom. The van der Waals surface area contributed by atoms with E-state index in [1.54, 1.807) is 18.0 Å². The topological polar surface area (TPSA) is 62.7 Å². The van der Waals surface area contributed by atoms with Gasteiger partial charge in [0.15, 0.2) is 6.19 Å². The Balaban J connectivity index is 0.000000354. The molecular formula is C7H8BrN3S. The number of halogens is 1. The molecule has 0 aromatic carbocycles. The van der Waals surface area contributed by atoms with Crippen LogP contribution in [0, 0.1) is 11.5 Å². The van der Waals surface area contributed by atoms with Crippen molar-refractivity contribution in [3.63, 3.8) is 0 Å². The number of thioether (sulfide) groups is 1. The molecule has 12 heavy (non-hydrogen) atoms. The summed E-state index contributed by atoms with van der Waals surface area (Å²) in [5, 5.41) is 8.14. The average Bonchev–Trinajstić information content (AvgIpc) is 2.06. The summed E-state index contributed by atoms with van der Waals surface area (Å²) in [7, 11) is 0. The molecule has 0 saturated carbocycles. The monoisotopic (exact) mass is 245 g/mol. The number of hydrogen-bond donors (Lipinski definition) is 1. The van der Waals surface area contributed by atoms with Gasteiger partial charge < -0.3 is 5.73 Å². The highest BCUT2D eigenvalue weighted by Crippen LogP contribution is 2.15. The Kier molecular flexibility index (Phi) is 6.53. The summed E-state index contributed by atoms with van der Waals surface area (Å²) in [6, 6.07) is 3.91. The second-order valence-electron chi connectivity index (χ2n) is 1.65. The van der Waals surface area contributed by atoms with E-state index in [-0.39, 0.29) is 0 Å². The Morgan fingerprint density at radius 3 is 2.67 bits per heavy atom. The highest BCUT2D eigenvalue weighted by atomic mass is 79.9. The van der Waals surface area contributed by atoms with Crippen molar-refractivity contribution >= 4 is 27.7 Å². The molecule has 64 valence electrons. The second kappa shape index (κ2) is 6.95. The van der Waals surface area contributed by atoms with Crippen LogP contribution in [0.2, 0.25) is 0 Å². The number of nitrogens with two attached hydrogens (primary N) is 1. The number of hydrogen-bond acceptors (Lipinski definition) is 4. The number of nitriles is 1. The lowest BCUT2D eigenvalue weighted by molar-refractivity contribution is 1.13. The first-order valence-electron chi connectivity index (χ1n) is 2.99. The van der Waals surface area contributed by atoms with Gasteiger partial charge in [0.05, 0.1) is 5.03 Å². The fraction of sp³-hybridized carbons (Fsp3) is 0.143. The second-order valence-corrected chi connectivity index (χ2v) is 3.39. The van der Waals surface area contributed by atoms with E-state index in [4.69, 9.17) is 5.26 Å². The van der Waals surface area contributed by atoms with E-state index < -0.39 is 0 Å². The molecular weight excluding hydrogens is 238 g/mol. The molecule has 0 fully saturated rings. The quantitative estimate of drug-likeness (QED) is 0.467. The van der Waals surface area contributed by atoms with Gasteiger partial charge in [-0.15, -0.1) is 11.8 Å². The van der Waals surface area contributed by atoms with Crippen LogP contribution in [0.15, 0.2) is 27.8 Å². The molecule has 0 atom stereocenters. The third-order valence-corrected chi connectivity index (χ3v) is 2.04. The first kappa shape index (κ1) is 11.3. The molecule has 0 spiro atoms. The predicted octanol–water partition coefficient (Wildman–Crippen LogP) is 1.99. The van der Waals surface area contributed by atoms with Crippen molar-refractivity contribution in [2.75, 3.05) is 6.26 Å². The Labute approximate surface area is 84.1 Å². The van der Waals surface area contributed by atoms with Gasteiger partial charge in [-0.2, -0.15) is 5.26 Å². The van der Waals surface area contributed by atoms with Crippen molar-refractivity contribution in [2.45, 2.75) is 5.03 Å². The highest BCUT2D eigenvalue weighted by molar-refractivity contribution is 9.10. The van der Waals surface area contributed by atoms with Crippen molar-refractivity contribution in [3.8, 4) is 6.19 Å². The van der Waals surface area contributed by atoms with Crippen molar-refractivity contribution in [1.82, 2.24) is 4.98 Å². The van der Waals surface area contributed by atoms with E-state index in [9.17, 15) is 0 Å². The molecule has 0 radical (unpaired) electrons. The van der Waals surface area contributed by atoms with Crippen molar-refractivity contribution in [1.29, 1.82) is 5.26 Å². The fourth-order valence-electron chi connectivity index (χ4n) is 0.497. The number of rotatable bonds is 1. The molecule has 0 aliphatic carbocycles. The lowest BCUT2D eigenvalue weighted by atomic mass is 10.5. The minimum absolute atomic E-state index is 1.05. The normalized spacial score (nSPS) is 7.75. The molecule has 1 heterocycles. The van der Waals surface area contributed by atoms with Gasteiger partial charge in [-0.05, 0) is 18.4 Å². The zero-order valence-electron chi connectivity index (χ0n) is 6.49. The van der Waals surface area contributed by atoms with Gasteiger partial charge in [0, 0.05) is 10.7 Å². The van der Waals surface area contributed by atoms with Crippen LogP contribution in [0.4, 0.5) is 0 Å². The van der Waals surface area contributed by atoms with E-state index in [1.165, 1.54) is 6.19 Å². The van der Waals surface area contributed by atoms with Gasteiger partial charge in [0.1, 0.15) is 0 Å². The molecule has 0 unspecified atom stereocenters. The predicted molar refractivity (Wildman–Crippen MR) is 53.5 cm³/mol. The molecule has 1 rings (SSSR count). The smallest absolute Gasteiger partial charge is 0.173 e. The fourth-order valence-corrected chi connectivity index (χ4v) is 1.39. The van der Waals surface area contributed by atoms with Crippen molar-refractivity contribution in [2.24, 2.45) is 5.73 Å². The largest absolute Gasteiger partial charge is 0.337 e. The van der Waals surface area contributed by atoms with Crippen LogP contribution >= 0.6 is 27.7 Å². The maximum absolute atomic E-state index is 7.10. The number of nitrogens with zero attached hydrogens (tertiary/aromatic N) is 2. The summed E-state index contributed by atoms with van der Waals surface area (Å²) in [4.78, 5) is 4.09. The molecule has 0 aliphatic rings. The van der Waals surface area contributed by atoms with Gasteiger partial charge >= 0.3 is 0 Å². The summed E-state index contributed by atoms with van der Waals surface area (Å²) in [6.45, 7) is 0. The molecule has 3 nitrogen and oxygen atoms in total. The maximum atomic E-state index is 7.10. The number of pyridine rings is 1. The molecule has 5 heteroatoms. The Bertz CT molecular complexity index is 272. The lowest BCUT2D eigenvalue weighted by Gasteiger charge is -1.92. The highest BCUT2D eigenvalue weighted by Gasteiger charge is 1.89. The van der Waals surface area contributed by atoms with Gasteiger partial charge in [-0.3, -0.25) is 0 Å². The Morgan fingerprint density at radius 2 is 2.33 bits per heavy atom. The molecule has 0 saturated heterocycles. The minimum atomic E-state index is 1.05. The molecule has 0 amide bonds. The average molecular weight is 246 g/mol. The van der Waals surface area contributed by atoms with Gasteiger partial charge in [0.25, 0.3) is 0 Å². The third-order valence-electron chi connectivity index (χ3n) is 0.906. The summed E-state index contributed by atoms with van der Waals surface area (Å²) in [5.41, 5.74) is 4.15. The summed E-state index contributed by atoms with van der Waals surface area (Å²) >= 11 is 4.99. The number of aromatic nitrogens is 1. The summed E-state index contributed by atoms with van der Waals surface area (Å²) in [6.07, 6.45) is 5.05. The van der Waals surface area contributed by atoms with E-state index >= 15 is 0 Å². The van der Waals surface area contributed by atoms with Crippen LogP contribution < -0.4 is 5.73 Å². The van der Waals surface area contributed by atoms with Crippen molar-refractivity contribution in [3.05, 3.63) is 22.8 Å². The molecule has 2 N–H and O–H groups in total. The van der Waals surface area contributed by atoms with Gasteiger partial charge in [-0.25, -0.2) is 4.98 Å². The first-order chi connectivity index (χ1) is 5.74. The van der Waals surface area contributed by atoms with Crippen LogP contribution in [-0.4, -0.2) is 11.2 Å². The van der Waals surface area contributed by atoms with E-state index in [0.717, 1.165) is 9.50 Å².